The number of nitrogens with zero attached hydrogens (tertiary/aromatic N) is 1. The number of amides is 1. The van der Waals surface area contributed by atoms with Crippen LogP contribution >= 0.6 is 0 Å². The van der Waals surface area contributed by atoms with Crippen molar-refractivity contribution in [1.82, 2.24) is 5.32 Å². The van der Waals surface area contributed by atoms with E-state index in [1.807, 2.05) is 32.9 Å². The van der Waals surface area contributed by atoms with Crippen molar-refractivity contribution in [1.29, 1.82) is 0 Å². The van der Waals surface area contributed by atoms with E-state index in [9.17, 15) is 13.2 Å². The molecule has 0 aliphatic heterocycles. The van der Waals surface area contributed by atoms with Gasteiger partial charge in [0.2, 0.25) is 10.0 Å². The minimum Gasteiger partial charge on any atom is -0.346 e. The maximum atomic E-state index is 12.5. The summed E-state index contributed by atoms with van der Waals surface area (Å²) < 4.78 is 24.5. The lowest BCUT2D eigenvalue weighted by Crippen LogP contribution is -2.28. The van der Waals surface area contributed by atoms with Crippen molar-refractivity contribution in [2.24, 2.45) is 0 Å². The molecule has 0 spiro atoms. The van der Waals surface area contributed by atoms with E-state index in [1.54, 1.807) is 24.3 Å². The maximum Gasteiger partial charge on any atom is 0.251 e. The fraction of sp³-hybridized carbons (Fsp3) is 0.316. The van der Waals surface area contributed by atoms with Gasteiger partial charge in [-0.25, -0.2) is 8.42 Å². The number of benzene rings is 2. The molecule has 2 rings (SSSR count). The second-order valence-electron chi connectivity index (χ2n) is 6.32. The van der Waals surface area contributed by atoms with E-state index >= 15 is 0 Å². The summed E-state index contributed by atoms with van der Waals surface area (Å²) in [6.07, 6.45) is 1.13. The summed E-state index contributed by atoms with van der Waals surface area (Å²) in [6.45, 7) is 6.01. The standard InChI is InChI=1S/C19H24N2O3S/c1-13-9-10-16(11-14(13)2)15(3)20-19(22)17-7-6-8-18(12-17)21(4)25(5,23)24/h6-12,15H,1-5H3,(H,20,22)/t15-/m1/s1. The van der Waals surface area contributed by atoms with Crippen molar-refractivity contribution >= 4 is 21.6 Å². The molecule has 0 unspecified atom stereocenters. The number of anilines is 1. The van der Waals surface area contributed by atoms with Gasteiger partial charge < -0.3 is 5.32 Å². The Kier molecular flexibility index (Phi) is 5.52. The summed E-state index contributed by atoms with van der Waals surface area (Å²) in [5.41, 5.74) is 4.28. The van der Waals surface area contributed by atoms with Gasteiger partial charge in [0.05, 0.1) is 18.0 Å². The summed E-state index contributed by atoms with van der Waals surface area (Å²) in [6, 6.07) is 12.5. The molecule has 0 aliphatic carbocycles. The third kappa shape index (κ3) is 4.60. The largest absolute Gasteiger partial charge is 0.346 e. The Bertz CT molecular complexity index is 891. The van der Waals surface area contributed by atoms with Crippen molar-refractivity contribution < 1.29 is 13.2 Å². The first kappa shape index (κ1) is 19.0. The number of rotatable bonds is 5. The minimum absolute atomic E-state index is 0.150. The van der Waals surface area contributed by atoms with Crippen LogP contribution < -0.4 is 9.62 Å². The minimum atomic E-state index is -3.37. The highest BCUT2D eigenvalue weighted by atomic mass is 32.2. The first-order valence-electron chi connectivity index (χ1n) is 8.01. The number of hydrogen-bond acceptors (Lipinski definition) is 3. The van der Waals surface area contributed by atoms with Gasteiger partial charge in [-0.05, 0) is 55.7 Å². The summed E-state index contributed by atoms with van der Waals surface area (Å²) >= 11 is 0. The second-order valence-corrected chi connectivity index (χ2v) is 8.33. The van der Waals surface area contributed by atoms with E-state index in [-0.39, 0.29) is 11.9 Å². The van der Waals surface area contributed by atoms with Gasteiger partial charge in [0.15, 0.2) is 0 Å². The first-order chi connectivity index (χ1) is 11.6. The molecule has 1 atom stereocenters. The van der Waals surface area contributed by atoms with E-state index in [1.165, 1.54) is 18.2 Å². The zero-order valence-electron chi connectivity index (χ0n) is 15.2. The number of carbonyl (C=O) groups is 1. The number of aryl methyl sites for hydroxylation is 2. The predicted octanol–water partition coefficient (Wildman–Crippen LogP) is 3.19. The molecule has 1 amide bonds. The molecule has 0 saturated heterocycles. The number of nitrogens with one attached hydrogen (secondary N) is 1. The van der Waals surface area contributed by atoms with Gasteiger partial charge in [-0.1, -0.05) is 24.3 Å². The number of hydrogen-bond donors (Lipinski definition) is 1. The molecule has 0 radical (unpaired) electrons. The van der Waals surface area contributed by atoms with Gasteiger partial charge in [-0.15, -0.1) is 0 Å². The number of sulfonamides is 1. The fourth-order valence-electron chi connectivity index (χ4n) is 2.43. The zero-order valence-corrected chi connectivity index (χ0v) is 16.0. The van der Waals surface area contributed by atoms with Crippen LogP contribution in [0.2, 0.25) is 0 Å². The van der Waals surface area contributed by atoms with Crippen LogP contribution in [0.4, 0.5) is 5.69 Å². The van der Waals surface area contributed by atoms with Gasteiger partial charge in [-0.3, -0.25) is 9.10 Å². The number of carbonyl (C=O) groups excluding carboxylic acids is 1. The highest BCUT2D eigenvalue weighted by molar-refractivity contribution is 7.92. The van der Waals surface area contributed by atoms with Crippen molar-refractivity contribution in [3.8, 4) is 0 Å². The normalized spacial score (nSPS) is 12.5. The van der Waals surface area contributed by atoms with Gasteiger partial charge in [0.25, 0.3) is 5.91 Å². The first-order valence-corrected chi connectivity index (χ1v) is 9.86. The van der Waals surface area contributed by atoms with Crippen LogP contribution in [0.3, 0.4) is 0 Å². The summed E-state index contributed by atoms with van der Waals surface area (Å²) in [4.78, 5) is 12.5. The molecular weight excluding hydrogens is 336 g/mol. The molecule has 0 fully saturated rings. The summed E-state index contributed by atoms with van der Waals surface area (Å²) in [7, 11) is -1.91. The Labute approximate surface area is 149 Å². The monoisotopic (exact) mass is 360 g/mol. The van der Waals surface area contributed by atoms with Crippen molar-refractivity contribution in [2.75, 3.05) is 17.6 Å². The fourth-order valence-corrected chi connectivity index (χ4v) is 2.93. The van der Waals surface area contributed by atoms with Crippen molar-refractivity contribution in [3.05, 3.63) is 64.7 Å². The van der Waals surface area contributed by atoms with Crippen LogP contribution in [-0.4, -0.2) is 27.6 Å². The van der Waals surface area contributed by atoms with Crippen LogP contribution in [0.15, 0.2) is 42.5 Å². The molecule has 0 aromatic heterocycles. The molecule has 2 aromatic carbocycles. The Morgan fingerprint density at radius 1 is 1.08 bits per heavy atom. The van der Waals surface area contributed by atoms with Crippen LogP contribution in [0.5, 0.6) is 0 Å². The molecule has 6 heteroatoms. The molecule has 0 bridgehead atoms. The van der Waals surface area contributed by atoms with E-state index in [0.29, 0.717) is 11.3 Å². The predicted molar refractivity (Wildman–Crippen MR) is 101 cm³/mol. The average Bonchev–Trinajstić information content (AvgIpc) is 2.55. The van der Waals surface area contributed by atoms with Crippen molar-refractivity contribution in [3.63, 3.8) is 0 Å². The second kappa shape index (κ2) is 7.27. The quantitative estimate of drug-likeness (QED) is 0.890. The highest BCUT2D eigenvalue weighted by Crippen LogP contribution is 2.20. The van der Waals surface area contributed by atoms with Gasteiger partial charge in [0.1, 0.15) is 0 Å². The van der Waals surface area contributed by atoms with Crippen LogP contribution in [0.25, 0.3) is 0 Å². The van der Waals surface area contributed by atoms with E-state index in [4.69, 9.17) is 0 Å². The topological polar surface area (TPSA) is 66.5 Å². The molecule has 134 valence electrons. The lowest BCUT2D eigenvalue weighted by molar-refractivity contribution is 0.0940. The highest BCUT2D eigenvalue weighted by Gasteiger charge is 2.16. The van der Waals surface area contributed by atoms with Crippen molar-refractivity contribution in [2.45, 2.75) is 26.8 Å². The van der Waals surface area contributed by atoms with E-state index < -0.39 is 10.0 Å². The molecule has 0 heterocycles. The lowest BCUT2D eigenvalue weighted by atomic mass is 10.0. The Morgan fingerprint density at radius 2 is 1.76 bits per heavy atom. The summed E-state index contributed by atoms with van der Waals surface area (Å²) in [5, 5.41) is 2.96. The Morgan fingerprint density at radius 3 is 2.36 bits per heavy atom. The zero-order chi connectivity index (χ0) is 18.8. The van der Waals surface area contributed by atoms with Crippen LogP contribution in [-0.2, 0) is 10.0 Å². The molecular formula is C19H24N2O3S. The third-order valence-electron chi connectivity index (χ3n) is 4.35. The van der Waals surface area contributed by atoms with Crippen LogP contribution in [0.1, 0.15) is 40.0 Å². The molecule has 1 N–H and O–H groups in total. The molecule has 5 nitrogen and oxygen atoms in total. The summed E-state index contributed by atoms with van der Waals surface area (Å²) in [5.74, 6) is -0.241. The molecule has 0 aliphatic rings. The van der Waals surface area contributed by atoms with Crippen LogP contribution in [0, 0.1) is 13.8 Å². The smallest absolute Gasteiger partial charge is 0.251 e. The lowest BCUT2D eigenvalue weighted by Gasteiger charge is -2.19. The maximum absolute atomic E-state index is 12.5. The van der Waals surface area contributed by atoms with Gasteiger partial charge in [-0.2, -0.15) is 0 Å². The van der Waals surface area contributed by atoms with E-state index in [0.717, 1.165) is 16.1 Å². The van der Waals surface area contributed by atoms with E-state index in [2.05, 4.69) is 11.4 Å². The third-order valence-corrected chi connectivity index (χ3v) is 5.55. The Hall–Kier alpha value is -2.34. The molecule has 2 aromatic rings. The molecule has 25 heavy (non-hydrogen) atoms. The Balaban J connectivity index is 2.19. The SMILES string of the molecule is Cc1ccc([C@@H](C)NC(=O)c2cccc(N(C)S(C)(=O)=O)c2)cc1C. The van der Waals surface area contributed by atoms with Gasteiger partial charge in [0, 0.05) is 12.6 Å². The average molecular weight is 360 g/mol. The molecule has 0 saturated carbocycles. The van der Waals surface area contributed by atoms with Gasteiger partial charge >= 0.3 is 0 Å².